The van der Waals surface area contributed by atoms with Crippen molar-refractivity contribution in [3.05, 3.63) is 0 Å². The van der Waals surface area contributed by atoms with Crippen molar-refractivity contribution in [3.8, 4) is 0 Å². The van der Waals surface area contributed by atoms with Gasteiger partial charge in [-0.25, -0.2) is 0 Å². The van der Waals surface area contributed by atoms with Gasteiger partial charge in [-0.2, -0.15) is 0 Å². The Kier molecular flexibility index (Phi) is 9.15. The number of rotatable bonds is 0. The Bertz CT molecular complexity index is 25.9. The largest absolute Gasteiger partial charge is 0.317 e. The molecule has 0 aromatic heterocycles. The van der Waals surface area contributed by atoms with Gasteiger partial charge in [0.15, 0.2) is 0 Å². The van der Waals surface area contributed by atoms with E-state index in [1.807, 2.05) is 0 Å². The second-order valence-electron chi connectivity index (χ2n) is 1.81. The molecule has 1 nitrogen and oxygen atoms in total. The summed E-state index contributed by atoms with van der Waals surface area (Å²) in [4.78, 5) is 0. The molecule has 1 N–H and O–H groups in total. The van der Waals surface area contributed by atoms with Gasteiger partial charge >= 0.3 is 0 Å². The van der Waals surface area contributed by atoms with E-state index in [2.05, 4.69) is 5.32 Å². The third-order valence-corrected chi connectivity index (χ3v) is 1.21. The summed E-state index contributed by atoms with van der Waals surface area (Å²) in [7, 11) is 0. The summed E-state index contributed by atoms with van der Waals surface area (Å²) >= 11 is 0. The summed E-state index contributed by atoms with van der Waals surface area (Å²) in [5, 5.41) is 3.28. The highest BCUT2D eigenvalue weighted by molar-refractivity contribution is 4.55. The minimum atomic E-state index is 0. The van der Waals surface area contributed by atoms with E-state index < -0.39 is 0 Å². The van der Waals surface area contributed by atoms with E-state index in [0.717, 1.165) is 0 Å². The van der Waals surface area contributed by atoms with Crippen LogP contribution >= 0.6 is 0 Å². The SMILES string of the molecule is C1CCNCC1.F.F. The molecule has 0 amide bonds. The number of nitrogens with one attached hydrogen (secondary N) is 1. The fourth-order valence-corrected chi connectivity index (χ4v) is 0.802. The lowest BCUT2D eigenvalue weighted by atomic mass is 10.2. The number of hydrogen-bond donors (Lipinski definition) is 1. The zero-order valence-corrected chi connectivity index (χ0v) is 4.85. The average molecular weight is 125 g/mol. The van der Waals surface area contributed by atoms with Crippen LogP contribution in [0.1, 0.15) is 19.3 Å². The zero-order valence-electron chi connectivity index (χ0n) is 4.85. The lowest BCUT2D eigenvalue weighted by Crippen LogP contribution is -2.21. The standard InChI is InChI=1S/C5H11N.2FH/c1-2-4-6-5-3-1;;/h6H,1-5H2;2*1H. The third-order valence-electron chi connectivity index (χ3n) is 1.21. The number of hydrogen-bond acceptors (Lipinski definition) is 1. The molecule has 1 aliphatic rings. The minimum absolute atomic E-state index is 0. The molecule has 0 atom stereocenters. The summed E-state index contributed by atoms with van der Waals surface area (Å²) < 4.78 is 0. The topological polar surface area (TPSA) is 12.0 Å². The van der Waals surface area contributed by atoms with E-state index in [1.54, 1.807) is 0 Å². The van der Waals surface area contributed by atoms with Gasteiger partial charge in [-0.05, 0) is 25.9 Å². The van der Waals surface area contributed by atoms with Gasteiger partial charge in [0.2, 0.25) is 0 Å². The zero-order chi connectivity index (χ0) is 4.24. The van der Waals surface area contributed by atoms with Crippen LogP contribution in [0, 0.1) is 0 Å². The van der Waals surface area contributed by atoms with Gasteiger partial charge in [0, 0.05) is 0 Å². The highest BCUT2D eigenvalue weighted by atomic mass is 19.0. The highest BCUT2D eigenvalue weighted by Gasteiger charge is 1.93. The van der Waals surface area contributed by atoms with Gasteiger partial charge < -0.3 is 5.32 Å². The Labute approximate surface area is 48.2 Å². The van der Waals surface area contributed by atoms with Crippen LogP contribution in [0.2, 0.25) is 0 Å². The smallest absolute Gasteiger partial charge is 0.00489 e. The first-order chi connectivity index (χ1) is 3.00. The van der Waals surface area contributed by atoms with Crippen molar-refractivity contribution in [2.24, 2.45) is 0 Å². The molecule has 8 heavy (non-hydrogen) atoms. The molecule has 0 spiro atoms. The molecule has 0 saturated carbocycles. The van der Waals surface area contributed by atoms with Crippen molar-refractivity contribution in [1.82, 2.24) is 5.32 Å². The van der Waals surface area contributed by atoms with E-state index in [-0.39, 0.29) is 9.41 Å². The molecule has 0 bridgehead atoms. The van der Waals surface area contributed by atoms with E-state index >= 15 is 0 Å². The summed E-state index contributed by atoms with van der Waals surface area (Å²) in [6.45, 7) is 2.50. The predicted octanol–water partition coefficient (Wildman–Crippen LogP) is 1.06. The average Bonchev–Trinajstić information content (AvgIpc) is 1.72. The van der Waals surface area contributed by atoms with Gasteiger partial charge in [0.25, 0.3) is 0 Å². The molecular weight excluding hydrogens is 112 g/mol. The molecule has 0 aromatic rings. The Morgan fingerprint density at radius 2 is 1.25 bits per heavy atom. The second kappa shape index (κ2) is 6.82. The van der Waals surface area contributed by atoms with Crippen LogP contribution in [0.3, 0.4) is 0 Å². The monoisotopic (exact) mass is 125 g/mol. The Morgan fingerprint density at radius 1 is 0.750 bits per heavy atom. The van der Waals surface area contributed by atoms with Crippen LogP contribution in [0.4, 0.5) is 9.41 Å². The third kappa shape index (κ3) is 3.99. The maximum absolute atomic E-state index is 3.28. The predicted molar refractivity (Wildman–Crippen MR) is 31.7 cm³/mol. The first kappa shape index (κ1) is 10.7. The summed E-state index contributed by atoms with van der Waals surface area (Å²) in [5.41, 5.74) is 0. The molecular formula is C5H13F2N. The second-order valence-corrected chi connectivity index (χ2v) is 1.81. The first-order valence-corrected chi connectivity index (χ1v) is 2.71. The molecule has 52 valence electrons. The van der Waals surface area contributed by atoms with Gasteiger partial charge in [-0.15, -0.1) is 0 Å². The fourth-order valence-electron chi connectivity index (χ4n) is 0.802. The van der Waals surface area contributed by atoms with Crippen LogP contribution in [-0.2, 0) is 0 Å². The van der Waals surface area contributed by atoms with Crippen LogP contribution < -0.4 is 5.32 Å². The Morgan fingerprint density at radius 3 is 1.38 bits per heavy atom. The highest BCUT2D eigenvalue weighted by Crippen LogP contribution is 1.96. The van der Waals surface area contributed by atoms with E-state index in [1.165, 1.54) is 32.4 Å². The maximum Gasteiger partial charge on any atom is -0.00489 e. The maximum atomic E-state index is 3.28. The molecule has 0 unspecified atom stereocenters. The van der Waals surface area contributed by atoms with Crippen molar-refractivity contribution in [1.29, 1.82) is 0 Å². The molecule has 0 aromatic carbocycles. The molecule has 1 fully saturated rings. The first-order valence-electron chi connectivity index (χ1n) is 2.71. The van der Waals surface area contributed by atoms with Gasteiger partial charge in [-0.3, -0.25) is 9.41 Å². The number of halogens is 2. The Hall–Kier alpha value is -0.180. The van der Waals surface area contributed by atoms with Crippen molar-refractivity contribution < 1.29 is 9.41 Å². The van der Waals surface area contributed by atoms with Gasteiger partial charge in [0.1, 0.15) is 0 Å². The molecule has 0 aliphatic carbocycles. The molecule has 1 saturated heterocycles. The van der Waals surface area contributed by atoms with Crippen molar-refractivity contribution in [2.75, 3.05) is 13.1 Å². The van der Waals surface area contributed by atoms with E-state index in [9.17, 15) is 0 Å². The quantitative estimate of drug-likeness (QED) is 0.510. The molecule has 1 aliphatic heterocycles. The van der Waals surface area contributed by atoms with Crippen molar-refractivity contribution in [2.45, 2.75) is 19.3 Å². The Balaban J connectivity index is 0. The van der Waals surface area contributed by atoms with Gasteiger partial charge in [0.05, 0.1) is 0 Å². The number of piperidine rings is 1. The molecule has 1 rings (SSSR count). The lowest BCUT2D eigenvalue weighted by molar-refractivity contribution is 0.520. The van der Waals surface area contributed by atoms with Crippen molar-refractivity contribution in [3.63, 3.8) is 0 Å². The molecule has 1 heterocycles. The van der Waals surface area contributed by atoms with E-state index in [0.29, 0.717) is 0 Å². The van der Waals surface area contributed by atoms with Crippen LogP contribution in [-0.4, -0.2) is 13.1 Å². The summed E-state index contributed by atoms with van der Waals surface area (Å²) in [6.07, 6.45) is 4.22. The molecule has 0 radical (unpaired) electrons. The summed E-state index contributed by atoms with van der Waals surface area (Å²) in [5.74, 6) is 0. The lowest BCUT2D eigenvalue weighted by Gasteiger charge is -2.08. The molecule has 3 heteroatoms. The van der Waals surface area contributed by atoms with Gasteiger partial charge in [-0.1, -0.05) is 6.42 Å². The van der Waals surface area contributed by atoms with Crippen LogP contribution in [0.15, 0.2) is 0 Å². The fraction of sp³-hybridized carbons (Fsp3) is 1.00. The summed E-state index contributed by atoms with van der Waals surface area (Å²) in [6, 6.07) is 0. The normalized spacial score (nSPS) is 18.0. The van der Waals surface area contributed by atoms with Crippen LogP contribution in [0.25, 0.3) is 0 Å². The van der Waals surface area contributed by atoms with Crippen LogP contribution in [0.5, 0.6) is 0 Å². The van der Waals surface area contributed by atoms with E-state index in [4.69, 9.17) is 0 Å². The van der Waals surface area contributed by atoms with Crippen molar-refractivity contribution >= 4 is 0 Å². The minimum Gasteiger partial charge on any atom is -0.317 e.